The van der Waals surface area contributed by atoms with Gasteiger partial charge in [-0.25, -0.2) is 0 Å². The van der Waals surface area contributed by atoms with Crippen LogP contribution in [0, 0.1) is 0 Å². The standard InChI is InChI=1S/C21H25N5O2/c1-24-18-8-11-26(21(27)17(18)14-22-24)13-12-25-9-6-15(7-10-25)20-16-4-2-3-5-19(16)28-23-20/h2-5,14-15H,6-13H2,1H3. The zero-order valence-corrected chi connectivity index (χ0v) is 16.2. The molecular weight excluding hydrogens is 354 g/mol. The van der Waals surface area contributed by atoms with E-state index < -0.39 is 0 Å². The Hall–Kier alpha value is -2.67. The normalized spacial score (nSPS) is 18.8. The van der Waals surface area contributed by atoms with E-state index in [0.29, 0.717) is 5.92 Å². The summed E-state index contributed by atoms with van der Waals surface area (Å²) in [5.41, 5.74) is 3.80. The molecule has 0 spiro atoms. The lowest BCUT2D eigenvalue weighted by atomic mass is 9.91. The first-order chi connectivity index (χ1) is 13.7. The summed E-state index contributed by atoms with van der Waals surface area (Å²) in [5, 5.41) is 9.72. The highest BCUT2D eigenvalue weighted by Gasteiger charge is 2.29. The van der Waals surface area contributed by atoms with Crippen LogP contribution in [-0.4, -0.2) is 63.4 Å². The van der Waals surface area contributed by atoms with Crippen molar-refractivity contribution in [2.24, 2.45) is 7.05 Å². The van der Waals surface area contributed by atoms with Gasteiger partial charge in [0, 0.05) is 44.4 Å². The maximum absolute atomic E-state index is 12.7. The molecule has 28 heavy (non-hydrogen) atoms. The lowest BCUT2D eigenvalue weighted by Gasteiger charge is -2.34. The van der Waals surface area contributed by atoms with Gasteiger partial charge in [-0.3, -0.25) is 9.48 Å². The lowest BCUT2D eigenvalue weighted by molar-refractivity contribution is 0.0708. The maximum atomic E-state index is 12.7. The van der Waals surface area contributed by atoms with E-state index in [0.717, 1.165) is 79.9 Å². The molecule has 7 nitrogen and oxygen atoms in total. The van der Waals surface area contributed by atoms with Crippen LogP contribution in [0.2, 0.25) is 0 Å². The quantitative estimate of drug-likeness (QED) is 0.697. The largest absolute Gasteiger partial charge is 0.356 e. The maximum Gasteiger partial charge on any atom is 0.257 e. The lowest BCUT2D eigenvalue weighted by Crippen LogP contribution is -2.44. The minimum absolute atomic E-state index is 0.123. The molecule has 0 atom stereocenters. The highest BCUT2D eigenvalue weighted by molar-refractivity contribution is 5.96. The van der Waals surface area contributed by atoms with Crippen molar-refractivity contribution in [1.29, 1.82) is 0 Å². The molecule has 1 aromatic carbocycles. The van der Waals surface area contributed by atoms with Crippen LogP contribution in [0.5, 0.6) is 0 Å². The number of aryl methyl sites for hydroxylation is 1. The van der Waals surface area contributed by atoms with Gasteiger partial charge in [-0.1, -0.05) is 17.3 Å². The first kappa shape index (κ1) is 17.4. The molecule has 0 unspecified atom stereocenters. The summed E-state index contributed by atoms with van der Waals surface area (Å²) in [7, 11) is 1.91. The average molecular weight is 379 g/mol. The Morgan fingerprint density at radius 1 is 1.14 bits per heavy atom. The summed E-state index contributed by atoms with van der Waals surface area (Å²) in [6.07, 6.45) is 4.75. The van der Waals surface area contributed by atoms with Gasteiger partial charge in [0.2, 0.25) is 0 Å². The van der Waals surface area contributed by atoms with Crippen molar-refractivity contribution in [2.75, 3.05) is 32.7 Å². The van der Waals surface area contributed by atoms with Crippen LogP contribution in [-0.2, 0) is 13.5 Å². The molecule has 0 aliphatic carbocycles. The van der Waals surface area contributed by atoms with Crippen LogP contribution in [0.4, 0.5) is 0 Å². The predicted octanol–water partition coefficient (Wildman–Crippen LogP) is 2.44. The fourth-order valence-electron chi connectivity index (χ4n) is 4.56. The molecule has 0 saturated carbocycles. The summed E-state index contributed by atoms with van der Waals surface area (Å²) in [5.74, 6) is 0.577. The van der Waals surface area contributed by atoms with Crippen molar-refractivity contribution < 1.29 is 9.32 Å². The molecule has 1 fully saturated rings. The van der Waals surface area contributed by atoms with Gasteiger partial charge in [-0.15, -0.1) is 0 Å². The average Bonchev–Trinajstić information content (AvgIpc) is 3.32. The van der Waals surface area contributed by atoms with Crippen molar-refractivity contribution in [3.8, 4) is 0 Å². The molecule has 0 N–H and O–H groups in total. The Morgan fingerprint density at radius 3 is 2.82 bits per heavy atom. The van der Waals surface area contributed by atoms with Crippen molar-refractivity contribution in [3.63, 3.8) is 0 Å². The van der Waals surface area contributed by atoms with Crippen molar-refractivity contribution in [3.05, 3.63) is 47.4 Å². The Balaban J connectivity index is 1.17. The van der Waals surface area contributed by atoms with Gasteiger partial charge in [0.25, 0.3) is 5.91 Å². The second-order valence-corrected chi connectivity index (χ2v) is 7.85. The SMILES string of the molecule is Cn1ncc2c1CCN(CCN1CCC(c3noc4ccccc34)CC1)C2=O. The van der Waals surface area contributed by atoms with E-state index in [9.17, 15) is 4.79 Å². The summed E-state index contributed by atoms with van der Waals surface area (Å²) in [6, 6.07) is 8.10. The summed E-state index contributed by atoms with van der Waals surface area (Å²) in [4.78, 5) is 17.1. The number of hydrogen-bond donors (Lipinski definition) is 0. The van der Waals surface area contributed by atoms with Crippen LogP contribution in [0.25, 0.3) is 11.0 Å². The first-order valence-electron chi connectivity index (χ1n) is 10.1. The number of likely N-dealkylation sites (tertiary alicyclic amines) is 1. The molecule has 5 rings (SSSR count). The van der Waals surface area contributed by atoms with Gasteiger partial charge >= 0.3 is 0 Å². The number of para-hydroxylation sites is 1. The smallest absolute Gasteiger partial charge is 0.257 e. The van der Waals surface area contributed by atoms with E-state index >= 15 is 0 Å². The molecule has 0 bridgehead atoms. The van der Waals surface area contributed by atoms with E-state index in [1.807, 2.05) is 34.8 Å². The van der Waals surface area contributed by atoms with Gasteiger partial charge in [0.1, 0.15) is 0 Å². The number of rotatable bonds is 4. The number of piperidine rings is 1. The molecule has 4 heterocycles. The van der Waals surface area contributed by atoms with E-state index in [1.54, 1.807) is 6.20 Å². The van der Waals surface area contributed by atoms with E-state index in [4.69, 9.17) is 4.52 Å². The Kier molecular flexibility index (Phi) is 4.39. The van der Waals surface area contributed by atoms with E-state index in [1.165, 1.54) is 0 Å². The zero-order chi connectivity index (χ0) is 19.1. The third kappa shape index (κ3) is 2.99. The first-order valence-corrected chi connectivity index (χ1v) is 10.1. The van der Waals surface area contributed by atoms with Gasteiger partial charge < -0.3 is 14.3 Å². The van der Waals surface area contributed by atoms with Crippen molar-refractivity contribution in [1.82, 2.24) is 24.7 Å². The summed E-state index contributed by atoms with van der Waals surface area (Å²) >= 11 is 0. The third-order valence-corrected chi connectivity index (χ3v) is 6.26. The highest BCUT2D eigenvalue weighted by atomic mass is 16.5. The number of carbonyl (C=O) groups excluding carboxylic acids is 1. The van der Waals surface area contributed by atoms with E-state index in [2.05, 4.69) is 21.2 Å². The van der Waals surface area contributed by atoms with Crippen LogP contribution in [0.1, 0.15) is 40.5 Å². The fourth-order valence-corrected chi connectivity index (χ4v) is 4.56. The van der Waals surface area contributed by atoms with Crippen LogP contribution >= 0.6 is 0 Å². The van der Waals surface area contributed by atoms with Crippen molar-refractivity contribution >= 4 is 16.9 Å². The fraction of sp³-hybridized carbons (Fsp3) is 0.476. The number of hydrogen-bond acceptors (Lipinski definition) is 5. The van der Waals surface area contributed by atoms with Gasteiger partial charge in [-0.05, 0) is 38.1 Å². The van der Waals surface area contributed by atoms with Gasteiger partial charge in [-0.2, -0.15) is 5.10 Å². The number of nitrogens with zero attached hydrogens (tertiary/aromatic N) is 5. The Labute approximate surface area is 163 Å². The zero-order valence-electron chi connectivity index (χ0n) is 16.2. The molecule has 1 saturated heterocycles. The summed E-state index contributed by atoms with van der Waals surface area (Å²) < 4.78 is 7.31. The number of amides is 1. The highest BCUT2D eigenvalue weighted by Crippen LogP contribution is 2.32. The summed E-state index contributed by atoms with van der Waals surface area (Å²) in [6.45, 7) is 4.56. The number of fused-ring (bicyclic) bond motifs is 2. The Bertz CT molecular complexity index is 999. The number of aromatic nitrogens is 3. The second kappa shape index (κ2) is 7.05. The second-order valence-electron chi connectivity index (χ2n) is 7.85. The molecule has 146 valence electrons. The van der Waals surface area contributed by atoms with E-state index in [-0.39, 0.29) is 5.91 Å². The topological polar surface area (TPSA) is 67.4 Å². The molecule has 7 heteroatoms. The Morgan fingerprint density at radius 2 is 1.96 bits per heavy atom. The van der Waals surface area contributed by atoms with Crippen LogP contribution in [0.15, 0.2) is 35.0 Å². The minimum Gasteiger partial charge on any atom is -0.356 e. The minimum atomic E-state index is 0.123. The monoisotopic (exact) mass is 379 g/mol. The molecule has 2 aliphatic heterocycles. The number of carbonyl (C=O) groups is 1. The molecule has 3 aromatic rings. The van der Waals surface area contributed by atoms with Gasteiger partial charge in [0.15, 0.2) is 5.58 Å². The molecule has 2 aliphatic rings. The van der Waals surface area contributed by atoms with Crippen molar-refractivity contribution in [2.45, 2.75) is 25.2 Å². The third-order valence-electron chi connectivity index (χ3n) is 6.26. The van der Waals surface area contributed by atoms with Gasteiger partial charge in [0.05, 0.1) is 23.1 Å². The molecule has 1 amide bonds. The molecule has 0 radical (unpaired) electrons. The number of benzene rings is 1. The predicted molar refractivity (Wildman–Crippen MR) is 105 cm³/mol. The molecule has 2 aromatic heterocycles. The van der Waals surface area contributed by atoms with Crippen LogP contribution in [0.3, 0.4) is 0 Å². The van der Waals surface area contributed by atoms with Crippen LogP contribution < -0.4 is 0 Å². The molecular formula is C21H25N5O2.